The van der Waals surface area contributed by atoms with E-state index < -0.39 is 0 Å². The van der Waals surface area contributed by atoms with Gasteiger partial charge in [-0.15, -0.1) is 0 Å². The zero-order valence-corrected chi connectivity index (χ0v) is 13.3. The number of nitrogens with one attached hydrogen (secondary N) is 2. The Bertz CT molecular complexity index is 804. The smallest absolute Gasteiger partial charge is 0.159 e. The van der Waals surface area contributed by atoms with Crippen molar-refractivity contribution in [3.05, 3.63) is 59.3 Å². The van der Waals surface area contributed by atoms with Crippen LogP contribution in [0.4, 0.5) is 23.0 Å². The molecule has 0 radical (unpaired) electrons. The van der Waals surface area contributed by atoms with E-state index in [1.165, 1.54) is 6.33 Å². The number of nitrogens with zero attached hydrogens (tertiary/aromatic N) is 2. The van der Waals surface area contributed by atoms with E-state index in [-0.39, 0.29) is 0 Å². The fourth-order valence-electron chi connectivity index (χ4n) is 2.09. The number of anilines is 4. The van der Waals surface area contributed by atoms with E-state index in [0.29, 0.717) is 28.9 Å². The van der Waals surface area contributed by atoms with Gasteiger partial charge in [-0.3, -0.25) is 0 Å². The zero-order valence-electron chi connectivity index (χ0n) is 12.5. The van der Waals surface area contributed by atoms with E-state index in [4.69, 9.17) is 21.8 Å². The zero-order chi connectivity index (χ0) is 16.2. The molecule has 3 rings (SSSR count). The van der Waals surface area contributed by atoms with Crippen LogP contribution in [0, 0.1) is 6.92 Å². The van der Waals surface area contributed by atoms with Crippen molar-refractivity contribution in [1.82, 2.24) is 9.97 Å². The summed E-state index contributed by atoms with van der Waals surface area (Å²) in [5, 5.41) is 7.00. The van der Waals surface area contributed by atoms with Crippen LogP contribution in [-0.2, 0) is 6.54 Å². The van der Waals surface area contributed by atoms with Gasteiger partial charge in [-0.1, -0.05) is 17.7 Å². The number of nitrogens with two attached hydrogens (primary N) is 1. The van der Waals surface area contributed by atoms with Crippen molar-refractivity contribution in [2.75, 3.05) is 16.4 Å². The highest BCUT2D eigenvalue weighted by atomic mass is 35.5. The number of furan rings is 1. The largest absolute Gasteiger partial charge is 0.467 e. The maximum atomic E-state index is 6.15. The number of aromatic nitrogens is 2. The molecule has 6 nitrogen and oxygen atoms in total. The van der Waals surface area contributed by atoms with Crippen molar-refractivity contribution in [3.8, 4) is 0 Å². The summed E-state index contributed by atoms with van der Waals surface area (Å²) >= 11 is 6.13. The van der Waals surface area contributed by atoms with Gasteiger partial charge < -0.3 is 20.8 Å². The van der Waals surface area contributed by atoms with Gasteiger partial charge in [0.2, 0.25) is 0 Å². The van der Waals surface area contributed by atoms with Crippen molar-refractivity contribution in [3.63, 3.8) is 0 Å². The summed E-state index contributed by atoms with van der Waals surface area (Å²) < 4.78 is 5.27. The first-order valence-electron chi connectivity index (χ1n) is 7.04. The first-order chi connectivity index (χ1) is 11.1. The Balaban J connectivity index is 1.80. The third kappa shape index (κ3) is 3.37. The van der Waals surface area contributed by atoms with E-state index in [1.54, 1.807) is 6.26 Å². The van der Waals surface area contributed by atoms with Gasteiger partial charge in [0.05, 0.1) is 12.8 Å². The lowest BCUT2D eigenvalue weighted by Gasteiger charge is -2.14. The molecule has 0 bridgehead atoms. The lowest BCUT2D eigenvalue weighted by Crippen LogP contribution is -2.08. The molecule has 1 aromatic carbocycles. The molecule has 23 heavy (non-hydrogen) atoms. The number of benzene rings is 1. The van der Waals surface area contributed by atoms with Crippen molar-refractivity contribution in [1.29, 1.82) is 0 Å². The van der Waals surface area contributed by atoms with Crippen LogP contribution in [0.5, 0.6) is 0 Å². The maximum absolute atomic E-state index is 6.15. The summed E-state index contributed by atoms with van der Waals surface area (Å²) in [5.74, 6) is 1.86. The molecule has 2 aromatic heterocycles. The molecular formula is C16H16ClN5O. The van der Waals surface area contributed by atoms with Crippen molar-refractivity contribution in [2.45, 2.75) is 13.5 Å². The molecule has 0 aliphatic carbocycles. The average molecular weight is 330 g/mol. The second-order valence-electron chi connectivity index (χ2n) is 4.95. The lowest BCUT2D eigenvalue weighted by molar-refractivity contribution is 0.518. The highest BCUT2D eigenvalue weighted by molar-refractivity contribution is 6.31. The first kappa shape index (κ1) is 15.2. The molecule has 7 heteroatoms. The van der Waals surface area contributed by atoms with E-state index in [2.05, 4.69) is 20.6 Å². The molecule has 0 amide bonds. The lowest BCUT2D eigenvalue weighted by atomic mass is 10.2. The molecule has 4 N–H and O–H groups in total. The number of rotatable bonds is 5. The monoisotopic (exact) mass is 329 g/mol. The van der Waals surface area contributed by atoms with Gasteiger partial charge in [-0.25, -0.2) is 9.97 Å². The standard InChI is InChI=1S/C16H16ClN5O/c1-10-12(17)5-2-6-13(10)22-16-14(18)15(20-9-21-16)19-8-11-4-3-7-23-11/h2-7,9H,8,18H2,1H3,(H2,19,20,21,22). The molecule has 2 heterocycles. The average Bonchev–Trinajstić information content (AvgIpc) is 3.06. The van der Waals surface area contributed by atoms with Crippen LogP contribution in [-0.4, -0.2) is 9.97 Å². The van der Waals surface area contributed by atoms with Gasteiger partial charge in [-0.05, 0) is 36.8 Å². The van der Waals surface area contributed by atoms with Gasteiger partial charge in [0.1, 0.15) is 17.8 Å². The van der Waals surface area contributed by atoms with Crippen LogP contribution in [0.25, 0.3) is 0 Å². The van der Waals surface area contributed by atoms with Gasteiger partial charge in [0, 0.05) is 10.7 Å². The molecule has 0 unspecified atom stereocenters. The molecule has 118 valence electrons. The Labute approximate surface area is 138 Å². The Morgan fingerprint density at radius 3 is 2.78 bits per heavy atom. The summed E-state index contributed by atoms with van der Waals surface area (Å²) in [6.07, 6.45) is 3.07. The summed E-state index contributed by atoms with van der Waals surface area (Å²) in [4.78, 5) is 8.36. The summed E-state index contributed by atoms with van der Waals surface area (Å²) in [7, 11) is 0. The minimum atomic E-state index is 0.429. The van der Waals surface area contributed by atoms with Crippen LogP contribution in [0.3, 0.4) is 0 Å². The van der Waals surface area contributed by atoms with Gasteiger partial charge in [0.15, 0.2) is 11.6 Å². The Morgan fingerprint density at radius 2 is 2.00 bits per heavy atom. The number of hydrogen-bond acceptors (Lipinski definition) is 6. The van der Waals surface area contributed by atoms with Crippen molar-refractivity contribution in [2.24, 2.45) is 0 Å². The van der Waals surface area contributed by atoms with Crippen molar-refractivity contribution < 1.29 is 4.42 Å². The predicted molar refractivity (Wildman–Crippen MR) is 92.0 cm³/mol. The maximum Gasteiger partial charge on any atom is 0.159 e. The summed E-state index contributed by atoms with van der Waals surface area (Å²) in [5.41, 5.74) is 8.35. The highest BCUT2D eigenvalue weighted by Gasteiger charge is 2.10. The van der Waals surface area contributed by atoms with Crippen LogP contribution in [0.1, 0.15) is 11.3 Å². The van der Waals surface area contributed by atoms with Crippen LogP contribution < -0.4 is 16.4 Å². The molecule has 0 spiro atoms. The molecule has 0 aliphatic heterocycles. The van der Waals surface area contributed by atoms with Gasteiger partial charge in [-0.2, -0.15) is 0 Å². The summed E-state index contributed by atoms with van der Waals surface area (Å²) in [6, 6.07) is 9.32. The van der Waals surface area contributed by atoms with Crippen LogP contribution >= 0.6 is 11.6 Å². The minimum absolute atomic E-state index is 0.429. The number of halogens is 1. The van der Waals surface area contributed by atoms with Crippen LogP contribution in [0.15, 0.2) is 47.3 Å². The Kier molecular flexibility index (Phi) is 4.34. The first-order valence-corrected chi connectivity index (χ1v) is 7.42. The molecule has 0 atom stereocenters. The third-order valence-electron chi connectivity index (χ3n) is 3.41. The minimum Gasteiger partial charge on any atom is -0.467 e. The second-order valence-corrected chi connectivity index (χ2v) is 5.36. The van der Waals surface area contributed by atoms with Gasteiger partial charge >= 0.3 is 0 Å². The predicted octanol–water partition coefficient (Wildman–Crippen LogP) is 3.97. The SMILES string of the molecule is Cc1c(Cl)cccc1Nc1ncnc(NCc2ccco2)c1N. The van der Waals surface area contributed by atoms with Crippen molar-refractivity contribution >= 4 is 34.6 Å². The molecule has 0 fully saturated rings. The quantitative estimate of drug-likeness (QED) is 0.656. The van der Waals surface area contributed by atoms with E-state index in [1.807, 2.05) is 37.3 Å². The second kappa shape index (κ2) is 6.58. The molecule has 0 saturated carbocycles. The van der Waals surface area contributed by atoms with Gasteiger partial charge in [0.25, 0.3) is 0 Å². The fraction of sp³-hybridized carbons (Fsp3) is 0.125. The van der Waals surface area contributed by atoms with E-state index in [0.717, 1.165) is 17.0 Å². The molecule has 0 saturated heterocycles. The molecule has 0 aliphatic rings. The van der Waals surface area contributed by atoms with Crippen LogP contribution in [0.2, 0.25) is 5.02 Å². The topological polar surface area (TPSA) is 89.0 Å². The van der Waals surface area contributed by atoms with E-state index in [9.17, 15) is 0 Å². The highest BCUT2D eigenvalue weighted by Crippen LogP contribution is 2.30. The molecule has 3 aromatic rings. The summed E-state index contributed by atoms with van der Waals surface area (Å²) in [6.45, 7) is 2.42. The third-order valence-corrected chi connectivity index (χ3v) is 3.82. The molecular weight excluding hydrogens is 314 g/mol. The normalized spacial score (nSPS) is 10.5. The fourth-order valence-corrected chi connectivity index (χ4v) is 2.27. The Hall–Kier alpha value is -2.73. The Morgan fingerprint density at radius 1 is 1.17 bits per heavy atom. The number of nitrogen functional groups attached to an aromatic ring is 1. The van der Waals surface area contributed by atoms with E-state index >= 15 is 0 Å². The number of hydrogen-bond donors (Lipinski definition) is 3.